The van der Waals surface area contributed by atoms with E-state index in [2.05, 4.69) is 47.3 Å². The van der Waals surface area contributed by atoms with Gasteiger partial charge in [-0.1, -0.05) is 30.7 Å². The molecule has 0 saturated carbocycles. The molecule has 1 aliphatic rings. The Morgan fingerprint density at radius 1 is 1.29 bits per heavy atom. The second kappa shape index (κ2) is 5.28. The van der Waals surface area contributed by atoms with Crippen molar-refractivity contribution >= 4 is 11.7 Å². The molecule has 1 N–H and O–H groups in total. The van der Waals surface area contributed by atoms with E-state index in [-0.39, 0.29) is 11.8 Å². The standard InChI is InChI=1S/C17H19N3O/c1-10-4-5-13-7-11(2)16(15(13)6-10)20-17-18-8-14(9-19-17)12(3)21/h4-6,8-9,11,16H,7H2,1-3H3,(H,18,19,20)/t11-,16+/m0/s1. The minimum Gasteiger partial charge on any atom is -0.347 e. The molecule has 1 aromatic heterocycles. The van der Waals surface area contributed by atoms with Crippen molar-refractivity contribution in [1.29, 1.82) is 0 Å². The number of rotatable bonds is 3. The Bertz CT molecular complexity index is 679. The first kappa shape index (κ1) is 13.7. The van der Waals surface area contributed by atoms with E-state index in [1.165, 1.54) is 23.6 Å². The second-order valence-corrected chi connectivity index (χ2v) is 5.86. The molecule has 4 heteroatoms. The van der Waals surface area contributed by atoms with Gasteiger partial charge in [0.15, 0.2) is 5.78 Å². The number of Topliss-reactive ketones (excluding diaryl/α,β-unsaturated/α-hetero) is 1. The third-order valence-corrected chi connectivity index (χ3v) is 4.09. The number of hydrogen-bond acceptors (Lipinski definition) is 4. The van der Waals surface area contributed by atoms with Crippen molar-refractivity contribution in [3.05, 3.63) is 52.8 Å². The summed E-state index contributed by atoms with van der Waals surface area (Å²) in [6.07, 6.45) is 4.22. The minimum absolute atomic E-state index is 0.0169. The zero-order valence-corrected chi connectivity index (χ0v) is 12.6. The van der Waals surface area contributed by atoms with Crippen LogP contribution < -0.4 is 5.32 Å². The van der Waals surface area contributed by atoms with Crippen molar-refractivity contribution < 1.29 is 4.79 Å². The van der Waals surface area contributed by atoms with Crippen molar-refractivity contribution in [2.24, 2.45) is 5.92 Å². The van der Waals surface area contributed by atoms with E-state index in [1.54, 1.807) is 12.4 Å². The molecule has 0 aliphatic heterocycles. The van der Waals surface area contributed by atoms with Crippen LogP contribution in [0.15, 0.2) is 30.6 Å². The highest BCUT2D eigenvalue weighted by molar-refractivity contribution is 5.93. The number of ketones is 1. The van der Waals surface area contributed by atoms with Crippen LogP contribution in [0.3, 0.4) is 0 Å². The largest absolute Gasteiger partial charge is 0.347 e. The van der Waals surface area contributed by atoms with Crippen molar-refractivity contribution in [1.82, 2.24) is 9.97 Å². The monoisotopic (exact) mass is 281 g/mol. The fourth-order valence-corrected chi connectivity index (χ4v) is 2.90. The van der Waals surface area contributed by atoms with Gasteiger partial charge in [-0.25, -0.2) is 9.97 Å². The average molecular weight is 281 g/mol. The lowest BCUT2D eigenvalue weighted by molar-refractivity contribution is 0.101. The molecule has 1 aliphatic carbocycles. The number of fused-ring (bicyclic) bond motifs is 1. The molecule has 108 valence electrons. The number of benzene rings is 1. The van der Waals surface area contributed by atoms with E-state index in [9.17, 15) is 4.79 Å². The van der Waals surface area contributed by atoms with Gasteiger partial charge < -0.3 is 5.32 Å². The van der Waals surface area contributed by atoms with E-state index < -0.39 is 0 Å². The van der Waals surface area contributed by atoms with Crippen molar-refractivity contribution in [2.75, 3.05) is 5.32 Å². The van der Waals surface area contributed by atoms with Gasteiger partial charge in [0.25, 0.3) is 0 Å². The maximum absolute atomic E-state index is 11.3. The first-order valence-electron chi connectivity index (χ1n) is 7.23. The molecule has 0 spiro atoms. The second-order valence-electron chi connectivity index (χ2n) is 5.86. The molecule has 0 saturated heterocycles. The highest BCUT2D eigenvalue weighted by Crippen LogP contribution is 2.38. The number of anilines is 1. The van der Waals surface area contributed by atoms with Crippen LogP contribution in [0, 0.1) is 12.8 Å². The molecule has 1 aromatic carbocycles. The van der Waals surface area contributed by atoms with Gasteiger partial charge in [-0.2, -0.15) is 0 Å². The van der Waals surface area contributed by atoms with E-state index in [4.69, 9.17) is 0 Å². The van der Waals surface area contributed by atoms with E-state index in [1.807, 2.05) is 0 Å². The summed E-state index contributed by atoms with van der Waals surface area (Å²) in [6.45, 7) is 5.86. The molecule has 21 heavy (non-hydrogen) atoms. The smallest absolute Gasteiger partial charge is 0.223 e. The molecule has 2 aromatic rings. The van der Waals surface area contributed by atoms with Gasteiger partial charge in [0.1, 0.15) is 0 Å². The summed E-state index contributed by atoms with van der Waals surface area (Å²) in [4.78, 5) is 19.8. The number of carbonyl (C=O) groups excluding carboxylic acids is 1. The number of nitrogens with one attached hydrogen (secondary N) is 1. The molecule has 0 bridgehead atoms. The number of aromatic nitrogens is 2. The molecule has 0 unspecified atom stereocenters. The van der Waals surface area contributed by atoms with Crippen LogP contribution in [0.1, 0.15) is 46.9 Å². The zero-order chi connectivity index (χ0) is 15.0. The lowest BCUT2D eigenvalue weighted by atomic mass is 10.0. The lowest BCUT2D eigenvalue weighted by Gasteiger charge is -2.19. The first-order chi connectivity index (χ1) is 10.0. The molecule has 0 amide bonds. The molecule has 3 rings (SSSR count). The highest BCUT2D eigenvalue weighted by atomic mass is 16.1. The predicted molar refractivity (Wildman–Crippen MR) is 82.4 cm³/mol. The summed E-state index contributed by atoms with van der Waals surface area (Å²) in [5.74, 6) is 1.06. The summed E-state index contributed by atoms with van der Waals surface area (Å²) in [6, 6.07) is 6.83. The summed E-state index contributed by atoms with van der Waals surface area (Å²) in [5.41, 5.74) is 4.53. The Morgan fingerprint density at radius 3 is 2.67 bits per heavy atom. The Balaban J connectivity index is 1.85. The Morgan fingerprint density at radius 2 is 2.00 bits per heavy atom. The summed E-state index contributed by atoms with van der Waals surface area (Å²) in [7, 11) is 0. The van der Waals surface area contributed by atoms with Gasteiger partial charge in [0.05, 0.1) is 11.6 Å². The molecule has 2 atom stereocenters. The molecule has 1 heterocycles. The van der Waals surface area contributed by atoms with Crippen LogP contribution in [-0.4, -0.2) is 15.8 Å². The fourth-order valence-electron chi connectivity index (χ4n) is 2.90. The van der Waals surface area contributed by atoms with Crippen LogP contribution in [-0.2, 0) is 6.42 Å². The Hall–Kier alpha value is -2.23. The Kier molecular flexibility index (Phi) is 3.45. The van der Waals surface area contributed by atoms with Gasteiger partial charge >= 0.3 is 0 Å². The molecule has 0 radical (unpaired) electrons. The molecular weight excluding hydrogens is 262 g/mol. The molecule has 4 nitrogen and oxygen atoms in total. The van der Waals surface area contributed by atoms with Crippen LogP contribution in [0.5, 0.6) is 0 Å². The minimum atomic E-state index is -0.0169. The number of aryl methyl sites for hydroxylation is 1. The van der Waals surface area contributed by atoms with E-state index >= 15 is 0 Å². The molecular formula is C17H19N3O. The summed E-state index contributed by atoms with van der Waals surface area (Å²) in [5, 5.41) is 3.41. The van der Waals surface area contributed by atoms with Gasteiger partial charge in [0, 0.05) is 12.4 Å². The predicted octanol–water partition coefficient (Wildman–Crippen LogP) is 3.33. The zero-order valence-electron chi connectivity index (χ0n) is 12.6. The van der Waals surface area contributed by atoms with Crippen LogP contribution in [0.2, 0.25) is 0 Å². The average Bonchev–Trinajstić information content (AvgIpc) is 2.76. The number of hydrogen-bond donors (Lipinski definition) is 1. The van der Waals surface area contributed by atoms with Crippen LogP contribution in [0.25, 0.3) is 0 Å². The number of nitrogens with zero attached hydrogens (tertiary/aromatic N) is 2. The van der Waals surface area contributed by atoms with Crippen molar-refractivity contribution in [2.45, 2.75) is 33.2 Å². The van der Waals surface area contributed by atoms with E-state index in [0.29, 0.717) is 17.4 Å². The third-order valence-electron chi connectivity index (χ3n) is 4.09. The topological polar surface area (TPSA) is 54.9 Å². The molecule has 0 fully saturated rings. The normalized spacial score (nSPS) is 20.1. The lowest BCUT2D eigenvalue weighted by Crippen LogP contribution is -2.16. The summed E-state index contributed by atoms with van der Waals surface area (Å²) < 4.78 is 0. The highest BCUT2D eigenvalue weighted by Gasteiger charge is 2.29. The van der Waals surface area contributed by atoms with Crippen molar-refractivity contribution in [3.63, 3.8) is 0 Å². The van der Waals surface area contributed by atoms with Crippen LogP contribution in [0.4, 0.5) is 5.95 Å². The van der Waals surface area contributed by atoms with Crippen molar-refractivity contribution in [3.8, 4) is 0 Å². The first-order valence-corrected chi connectivity index (χ1v) is 7.23. The quantitative estimate of drug-likeness (QED) is 0.877. The summed E-state index contributed by atoms with van der Waals surface area (Å²) >= 11 is 0. The van der Waals surface area contributed by atoms with Crippen LogP contribution >= 0.6 is 0 Å². The van der Waals surface area contributed by atoms with Gasteiger partial charge in [-0.3, -0.25) is 4.79 Å². The van der Waals surface area contributed by atoms with Gasteiger partial charge in [0.2, 0.25) is 5.95 Å². The SMILES string of the molecule is CC(=O)c1cnc(N[C@H]2c3cc(C)ccc3C[C@@H]2C)nc1. The maximum atomic E-state index is 11.3. The fraction of sp³-hybridized carbons (Fsp3) is 0.353. The maximum Gasteiger partial charge on any atom is 0.223 e. The number of carbonyl (C=O) groups is 1. The Labute approximate surface area is 124 Å². The third kappa shape index (κ3) is 2.66. The van der Waals surface area contributed by atoms with Gasteiger partial charge in [-0.05, 0) is 37.3 Å². The van der Waals surface area contributed by atoms with Gasteiger partial charge in [-0.15, -0.1) is 0 Å². The van der Waals surface area contributed by atoms with E-state index in [0.717, 1.165) is 6.42 Å².